The molecule has 158 valence electrons. The van der Waals surface area contributed by atoms with Crippen LogP contribution in [0.25, 0.3) is 0 Å². The van der Waals surface area contributed by atoms with Gasteiger partial charge in [-0.2, -0.15) is 0 Å². The van der Waals surface area contributed by atoms with E-state index in [4.69, 9.17) is 4.74 Å². The molecule has 1 aliphatic carbocycles. The number of hydrogen-bond donors (Lipinski definition) is 0. The molecule has 1 atom stereocenters. The first-order valence-corrected chi connectivity index (χ1v) is 9.74. The summed E-state index contributed by atoms with van der Waals surface area (Å²) in [5.74, 6) is -1.55. The van der Waals surface area contributed by atoms with Crippen molar-refractivity contribution < 1.29 is 23.9 Å². The summed E-state index contributed by atoms with van der Waals surface area (Å²) in [6, 6.07) is 0. The molecule has 0 aromatic rings. The van der Waals surface area contributed by atoms with E-state index in [-0.39, 0.29) is 17.5 Å². The van der Waals surface area contributed by atoms with Gasteiger partial charge in [-0.3, -0.25) is 9.59 Å². The summed E-state index contributed by atoms with van der Waals surface area (Å²) in [6.45, 7) is 12.7. The third-order valence-electron chi connectivity index (χ3n) is 4.87. The number of hydrogen-bond acceptors (Lipinski definition) is 5. The Kier molecular flexibility index (Phi) is 9.02. The van der Waals surface area contributed by atoms with Gasteiger partial charge in [0.2, 0.25) is 0 Å². The highest BCUT2D eigenvalue weighted by molar-refractivity contribution is 5.91. The maximum absolute atomic E-state index is 11.4. The Bertz CT molecular complexity index is 803. The van der Waals surface area contributed by atoms with Crippen LogP contribution in [0.2, 0.25) is 0 Å². The van der Waals surface area contributed by atoms with Crippen molar-refractivity contribution in [1.29, 1.82) is 0 Å². The van der Waals surface area contributed by atoms with Crippen molar-refractivity contribution in [2.45, 2.75) is 67.4 Å². The Morgan fingerprint density at radius 1 is 1.00 bits per heavy atom. The zero-order valence-corrected chi connectivity index (χ0v) is 18.5. The predicted octanol–water partition coefficient (Wildman–Crippen LogP) is 5.15. The van der Waals surface area contributed by atoms with Crippen LogP contribution in [-0.2, 0) is 23.9 Å². The molecule has 5 heteroatoms. The van der Waals surface area contributed by atoms with Crippen molar-refractivity contribution in [1.82, 2.24) is 0 Å². The van der Waals surface area contributed by atoms with E-state index in [2.05, 4.69) is 31.6 Å². The fourth-order valence-electron chi connectivity index (χ4n) is 3.36. The van der Waals surface area contributed by atoms with E-state index in [0.29, 0.717) is 5.57 Å². The van der Waals surface area contributed by atoms with Crippen molar-refractivity contribution in [3.05, 3.63) is 58.7 Å². The molecule has 0 aliphatic heterocycles. The average molecular weight is 401 g/mol. The topological polar surface area (TPSA) is 69.7 Å². The number of allylic oxidation sites excluding steroid dienone is 8. The van der Waals surface area contributed by atoms with E-state index >= 15 is 0 Å². The number of carbonyl (C=O) groups excluding carboxylic acids is 3. The molecule has 0 aromatic heterocycles. The summed E-state index contributed by atoms with van der Waals surface area (Å²) < 4.78 is 10.0. The van der Waals surface area contributed by atoms with E-state index in [9.17, 15) is 14.4 Å². The lowest BCUT2D eigenvalue weighted by atomic mass is 9.70. The van der Waals surface area contributed by atoms with Crippen LogP contribution in [-0.4, -0.2) is 24.0 Å². The van der Waals surface area contributed by atoms with Gasteiger partial charge in [0.25, 0.3) is 0 Å². The largest absolute Gasteiger partial charge is 0.462 e. The minimum atomic E-state index is -0.676. The zero-order valence-electron chi connectivity index (χ0n) is 18.5. The lowest BCUT2D eigenvalue weighted by molar-refractivity contribution is -0.155. The molecule has 0 fully saturated rings. The first-order chi connectivity index (χ1) is 13.4. The second-order valence-electron chi connectivity index (χ2n) is 7.96. The number of esters is 3. The molecule has 29 heavy (non-hydrogen) atoms. The molecular weight excluding hydrogens is 368 g/mol. The van der Waals surface area contributed by atoms with Crippen LogP contribution in [0.3, 0.4) is 0 Å². The lowest BCUT2D eigenvalue weighted by Crippen LogP contribution is -2.38. The van der Waals surface area contributed by atoms with Gasteiger partial charge < -0.3 is 9.47 Å². The smallest absolute Gasteiger partial charge is 0.338 e. The Balaban J connectivity index is 2.87. The standard InChI is InChI=1S/C24H32O5/c1-16(9-8-10-17(2)15-23(27)29-20(5)26)11-13-21-18(3)12-14-22(24(21,6)7)28-19(4)25/h8-11,13,15,22H,12,14H2,1-7H3/b10-8+,13-11+,16-9+,17-15+. The first-order valence-electron chi connectivity index (χ1n) is 9.74. The van der Waals surface area contributed by atoms with Crippen LogP contribution in [0, 0.1) is 5.41 Å². The maximum Gasteiger partial charge on any atom is 0.338 e. The minimum absolute atomic E-state index is 0.130. The number of rotatable bonds is 6. The third kappa shape index (κ3) is 8.06. The molecule has 0 N–H and O–H groups in total. The molecule has 0 saturated carbocycles. The second-order valence-corrected chi connectivity index (χ2v) is 7.96. The molecular formula is C24H32O5. The highest BCUT2D eigenvalue weighted by atomic mass is 16.6. The molecule has 0 amide bonds. The van der Waals surface area contributed by atoms with E-state index < -0.39 is 11.9 Å². The van der Waals surface area contributed by atoms with Gasteiger partial charge in [0.15, 0.2) is 0 Å². The molecule has 1 aliphatic rings. The maximum atomic E-state index is 11.4. The quantitative estimate of drug-likeness (QED) is 0.267. The van der Waals surface area contributed by atoms with E-state index in [1.54, 1.807) is 13.0 Å². The van der Waals surface area contributed by atoms with Gasteiger partial charge in [0.05, 0.1) is 0 Å². The van der Waals surface area contributed by atoms with Crippen LogP contribution in [0.1, 0.15) is 61.3 Å². The molecule has 0 radical (unpaired) electrons. The molecule has 1 rings (SSSR count). The summed E-state index contributed by atoms with van der Waals surface area (Å²) in [4.78, 5) is 33.6. The molecule has 0 aromatic carbocycles. The van der Waals surface area contributed by atoms with Crippen molar-refractivity contribution >= 4 is 17.9 Å². The third-order valence-corrected chi connectivity index (χ3v) is 4.87. The van der Waals surface area contributed by atoms with Crippen molar-refractivity contribution in [2.75, 3.05) is 0 Å². The number of ether oxygens (including phenoxy) is 2. The molecule has 0 bridgehead atoms. The summed E-state index contributed by atoms with van der Waals surface area (Å²) in [5.41, 5.74) is 3.96. The predicted molar refractivity (Wildman–Crippen MR) is 114 cm³/mol. The Morgan fingerprint density at radius 3 is 2.24 bits per heavy atom. The summed E-state index contributed by atoms with van der Waals surface area (Å²) >= 11 is 0. The van der Waals surface area contributed by atoms with Gasteiger partial charge in [0, 0.05) is 25.3 Å². The van der Waals surface area contributed by atoms with Crippen molar-refractivity contribution in [3.8, 4) is 0 Å². The molecule has 5 nitrogen and oxygen atoms in total. The molecule has 0 saturated heterocycles. The summed E-state index contributed by atoms with van der Waals surface area (Å²) in [7, 11) is 0. The Morgan fingerprint density at radius 2 is 1.66 bits per heavy atom. The van der Waals surface area contributed by atoms with Gasteiger partial charge in [-0.1, -0.05) is 55.4 Å². The average Bonchev–Trinajstić information content (AvgIpc) is 2.56. The monoisotopic (exact) mass is 400 g/mol. The highest BCUT2D eigenvalue weighted by Crippen LogP contribution is 2.42. The Labute approximate surface area is 173 Å². The van der Waals surface area contributed by atoms with E-state index in [0.717, 1.165) is 18.4 Å². The van der Waals surface area contributed by atoms with Gasteiger partial charge in [0.1, 0.15) is 6.10 Å². The Hall–Kier alpha value is -2.69. The van der Waals surface area contributed by atoms with Crippen LogP contribution in [0.5, 0.6) is 0 Å². The van der Waals surface area contributed by atoms with Crippen LogP contribution < -0.4 is 0 Å². The lowest BCUT2D eigenvalue weighted by Gasteiger charge is -2.40. The molecule has 0 spiro atoms. The second kappa shape index (κ2) is 10.7. The van der Waals surface area contributed by atoms with Crippen molar-refractivity contribution in [2.24, 2.45) is 5.41 Å². The van der Waals surface area contributed by atoms with Crippen LogP contribution >= 0.6 is 0 Å². The van der Waals surface area contributed by atoms with E-state index in [1.807, 2.05) is 25.2 Å². The van der Waals surface area contributed by atoms with Gasteiger partial charge in [-0.25, -0.2) is 4.79 Å². The van der Waals surface area contributed by atoms with Gasteiger partial charge in [-0.15, -0.1) is 0 Å². The normalized spacial score (nSPS) is 20.3. The van der Waals surface area contributed by atoms with Crippen molar-refractivity contribution in [3.63, 3.8) is 0 Å². The summed E-state index contributed by atoms with van der Waals surface area (Å²) in [6.07, 6.45) is 12.5. The fourth-order valence-corrected chi connectivity index (χ4v) is 3.36. The fraction of sp³-hybridized carbons (Fsp3) is 0.458. The first kappa shape index (κ1) is 24.3. The van der Waals surface area contributed by atoms with Crippen LogP contribution in [0.4, 0.5) is 0 Å². The minimum Gasteiger partial charge on any atom is -0.462 e. The van der Waals surface area contributed by atoms with Crippen LogP contribution in [0.15, 0.2) is 58.7 Å². The van der Waals surface area contributed by atoms with Gasteiger partial charge in [-0.05, 0) is 44.8 Å². The van der Waals surface area contributed by atoms with E-state index in [1.165, 1.54) is 31.1 Å². The molecule has 1 unspecified atom stereocenters. The van der Waals surface area contributed by atoms with Gasteiger partial charge >= 0.3 is 17.9 Å². The molecule has 0 heterocycles. The highest BCUT2D eigenvalue weighted by Gasteiger charge is 2.38. The number of carbonyl (C=O) groups is 3. The SMILES string of the molecule is CC(=O)OC(=O)/C=C(C)/C=C/C=C(C)/C=C/C1=C(C)CCC(OC(C)=O)C1(C)C. The summed E-state index contributed by atoms with van der Waals surface area (Å²) in [5, 5.41) is 0. The zero-order chi connectivity index (χ0) is 22.2.